The maximum absolute atomic E-state index is 12.4. The van der Waals surface area contributed by atoms with E-state index in [2.05, 4.69) is 5.32 Å². The SMILES string of the molecule is Cc1ccc(C(=O)Oc2ccc3cc(C(=O)NCC(C)C)c(=O)oc3c2)cc1C. The minimum absolute atomic E-state index is 0.0574. The highest BCUT2D eigenvalue weighted by Crippen LogP contribution is 2.22. The number of esters is 1. The fourth-order valence-electron chi connectivity index (χ4n) is 2.74. The molecule has 0 unspecified atom stereocenters. The van der Waals surface area contributed by atoms with Gasteiger partial charge in [0.1, 0.15) is 16.9 Å². The molecule has 0 saturated heterocycles. The van der Waals surface area contributed by atoms with E-state index < -0.39 is 17.5 Å². The number of aryl methyl sites for hydroxylation is 2. The van der Waals surface area contributed by atoms with E-state index in [1.807, 2.05) is 33.8 Å². The Morgan fingerprint density at radius 2 is 1.79 bits per heavy atom. The van der Waals surface area contributed by atoms with Gasteiger partial charge >= 0.3 is 11.6 Å². The van der Waals surface area contributed by atoms with Gasteiger partial charge in [-0.2, -0.15) is 0 Å². The van der Waals surface area contributed by atoms with E-state index in [-0.39, 0.29) is 22.8 Å². The van der Waals surface area contributed by atoms with E-state index in [1.165, 1.54) is 12.1 Å². The molecule has 0 bridgehead atoms. The van der Waals surface area contributed by atoms with E-state index in [9.17, 15) is 14.4 Å². The second-order valence-corrected chi connectivity index (χ2v) is 7.44. The Hall–Kier alpha value is -3.41. The summed E-state index contributed by atoms with van der Waals surface area (Å²) < 4.78 is 10.7. The van der Waals surface area contributed by atoms with Crippen LogP contribution in [0.5, 0.6) is 5.75 Å². The lowest BCUT2D eigenvalue weighted by Gasteiger charge is -2.09. The molecule has 1 aromatic heterocycles. The number of hydrogen-bond donors (Lipinski definition) is 1. The number of carbonyl (C=O) groups excluding carboxylic acids is 2. The molecule has 0 atom stereocenters. The molecule has 3 rings (SSSR count). The average Bonchev–Trinajstić information content (AvgIpc) is 2.67. The number of fused-ring (bicyclic) bond motifs is 1. The Labute approximate surface area is 168 Å². The lowest BCUT2D eigenvalue weighted by atomic mass is 10.1. The first kappa shape index (κ1) is 20.3. The van der Waals surface area contributed by atoms with Gasteiger partial charge in [0.2, 0.25) is 0 Å². The Morgan fingerprint density at radius 3 is 2.48 bits per heavy atom. The zero-order chi connectivity index (χ0) is 21.1. The Balaban J connectivity index is 1.84. The van der Waals surface area contributed by atoms with Crippen molar-refractivity contribution in [3.8, 4) is 5.75 Å². The van der Waals surface area contributed by atoms with Gasteiger partial charge in [0.15, 0.2) is 0 Å². The molecule has 0 spiro atoms. The quantitative estimate of drug-likeness (QED) is 0.402. The zero-order valence-corrected chi connectivity index (χ0v) is 16.9. The molecule has 0 aliphatic heterocycles. The normalized spacial score (nSPS) is 10.9. The Morgan fingerprint density at radius 1 is 1.03 bits per heavy atom. The maximum Gasteiger partial charge on any atom is 0.349 e. The molecular formula is C23H23NO5. The van der Waals surface area contributed by atoms with Crippen LogP contribution in [0.4, 0.5) is 0 Å². The van der Waals surface area contributed by atoms with Gasteiger partial charge in [-0.25, -0.2) is 9.59 Å². The molecule has 0 saturated carbocycles. The third-order valence-corrected chi connectivity index (χ3v) is 4.58. The number of amides is 1. The molecule has 3 aromatic rings. The predicted octanol–water partition coefficient (Wildman–Crippen LogP) is 4.01. The first-order valence-electron chi connectivity index (χ1n) is 9.40. The van der Waals surface area contributed by atoms with Crippen LogP contribution in [0.25, 0.3) is 11.0 Å². The molecule has 1 amide bonds. The smallest absolute Gasteiger partial charge is 0.349 e. The Bertz CT molecular complexity index is 1140. The summed E-state index contributed by atoms with van der Waals surface area (Å²) >= 11 is 0. The van der Waals surface area contributed by atoms with Crippen LogP contribution in [-0.4, -0.2) is 18.4 Å². The van der Waals surface area contributed by atoms with Crippen molar-refractivity contribution in [2.24, 2.45) is 5.92 Å². The summed E-state index contributed by atoms with van der Waals surface area (Å²) in [4.78, 5) is 36.8. The van der Waals surface area contributed by atoms with Crippen LogP contribution in [-0.2, 0) is 0 Å². The summed E-state index contributed by atoms with van der Waals surface area (Å²) in [6.07, 6.45) is 0. The summed E-state index contributed by atoms with van der Waals surface area (Å²) in [6, 6.07) is 11.5. The average molecular weight is 393 g/mol. The van der Waals surface area contributed by atoms with E-state index >= 15 is 0 Å². The van der Waals surface area contributed by atoms with Gasteiger partial charge < -0.3 is 14.5 Å². The van der Waals surface area contributed by atoms with Gasteiger partial charge in [0, 0.05) is 18.0 Å². The summed E-state index contributed by atoms with van der Waals surface area (Å²) in [5.41, 5.74) is 1.96. The highest BCUT2D eigenvalue weighted by atomic mass is 16.5. The highest BCUT2D eigenvalue weighted by molar-refractivity contribution is 5.97. The number of hydrogen-bond acceptors (Lipinski definition) is 5. The molecule has 6 heteroatoms. The second kappa shape index (κ2) is 8.31. The van der Waals surface area contributed by atoms with Crippen LogP contribution >= 0.6 is 0 Å². The number of ether oxygens (including phenoxy) is 1. The van der Waals surface area contributed by atoms with Gasteiger partial charge in [0.25, 0.3) is 5.91 Å². The summed E-state index contributed by atoms with van der Waals surface area (Å²) in [5.74, 6) is -0.457. The minimum Gasteiger partial charge on any atom is -0.423 e. The third-order valence-electron chi connectivity index (χ3n) is 4.58. The van der Waals surface area contributed by atoms with Crippen LogP contribution in [0.1, 0.15) is 45.7 Å². The standard InChI is InChI=1S/C23H23NO5/c1-13(2)12-24-21(25)19-10-16-7-8-18(11-20(16)29-23(19)27)28-22(26)17-6-5-14(3)15(4)9-17/h5-11,13H,12H2,1-4H3,(H,24,25). The van der Waals surface area contributed by atoms with Crippen molar-refractivity contribution in [3.05, 3.63) is 75.1 Å². The van der Waals surface area contributed by atoms with Crippen molar-refractivity contribution < 1.29 is 18.7 Å². The number of nitrogens with one attached hydrogen (secondary N) is 1. The van der Waals surface area contributed by atoms with Crippen molar-refractivity contribution in [1.82, 2.24) is 5.32 Å². The molecule has 0 aliphatic carbocycles. The fraction of sp³-hybridized carbons (Fsp3) is 0.261. The van der Waals surface area contributed by atoms with E-state index in [0.717, 1.165) is 11.1 Å². The second-order valence-electron chi connectivity index (χ2n) is 7.44. The molecule has 0 fully saturated rings. The molecule has 2 aromatic carbocycles. The molecular weight excluding hydrogens is 370 g/mol. The number of benzene rings is 2. The molecule has 150 valence electrons. The third kappa shape index (κ3) is 4.71. The van der Waals surface area contributed by atoms with Crippen LogP contribution in [0.15, 0.2) is 51.7 Å². The van der Waals surface area contributed by atoms with Crippen molar-refractivity contribution >= 4 is 22.8 Å². The fourth-order valence-corrected chi connectivity index (χ4v) is 2.74. The molecule has 6 nitrogen and oxygen atoms in total. The van der Waals surface area contributed by atoms with Crippen LogP contribution in [0.2, 0.25) is 0 Å². The zero-order valence-electron chi connectivity index (χ0n) is 16.9. The largest absolute Gasteiger partial charge is 0.423 e. The van der Waals surface area contributed by atoms with Gasteiger partial charge in [-0.15, -0.1) is 0 Å². The molecule has 1 N–H and O–H groups in total. The van der Waals surface area contributed by atoms with Crippen LogP contribution in [0, 0.1) is 19.8 Å². The molecule has 0 aliphatic rings. The van der Waals surface area contributed by atoms with Crippen molar-refractivity contribution in [1.29, 1.82) is 0 Å². The molecule has 1 heterocycles. The van der Waals surface area contributed by atoms with Gasteiger partial charge in [0.05, 0.1) is 5.56 Å². The van der Waals surface area contributed by atoms with Gasteiger partial charge in [-0.1, -0.05) is 19.9 Å². The summed E-state index contributed by atoms with van der Waals surface area (Å²) in [6.45, 7) is 8.27. The monoisotopic (exact) mass is 393 g/mol. The lowest BCUT2D eigenvalue weighted by Crippen LogP contribution is -2.31. The van der Waals surface area contributed by atoms with E-state index in [1.54, 1.807) is 24.3 Å². The minimum atomic E-state index is -0.739. The lowest BCUT2D eigenvalue weighted by molar-refractivity contribution is 0.0734. The van der Waals surface area contributed by atoms with Gasteiger partial charge in [-0.05, 0) is 61.2 Å². The first-order valence-corrected chi connectivity index (χ1v) is 9.40. The van der Waals surface area contributed by atoms with Gasteiger partial charge in [-0.3, -0.25) is 4.79 Å². The molecule has 29 heavy (non-hydrogen) atoms. The maximum atomic E-state index is 12.4. The Kier molecular flexibility index (Phi) is 5.82. The first-order chi connectivity index (χ1) is 13.7. The van der Waals surface area contributed by atoms with Crippen LogP contribution < -0.4 is 15.7 Å². The van der Waals surface area contributed by atoms with E-state index in [4.69, 9.17) is 9.15 Å². The summed E-state index contributed by atoms with van der Waals surface area (Å²) in [7, 11) is 0. The number of carbonyl (C=O) groups is 2. The van der Waals surface area contributed by atoms with Crippen molar-refractivity contribution in [3.63, 3.8) is 0 Å². The van der Waals surface area contributed by atoms with E-state index in [0.29, 0.717) is 17.5 Å². The molecule has 0 radical (unpaired) electrons. The van der Waals surface area contributed by atoms with Crippen LogP contribution in [0.3, 0.4) is 0 Å². The topological polar surface area (TPSA) is 85.6 Å². The highest BCUT2D eigenvalue weighted by Gasteiger charge is 2.15. The van der Waals surface area contributed by atoms with Crippen molar-refractivity contribution in [2.75, 3.05) is 6.54 Å². The summed E-state index contributed by atoms with van der Waals surface area (Å²) in [5, 5.41) is 3.26. The van der Waals surface area contributed by atoms with Crippen molar-refractivity contribution in [2.45, 2.75) is 27.7 Å². The predicted molar refractivity (Wildman–Crippen MR) is 111 cm³/mol. The number of rotatable bonds is 5.